The van der Waals surface area contributed by atoms with E-state index in [2.05, 4.69) is 5.10 Å². The van der Waals surface area contributed by atoms with Crippen molar-refractivity contribution in [3.8, 4) is 0 Å². The molecule has 1 aromatic carbocycles. The van der Waals surface area contributed by atoms with Gasteiger partial charge in [-0.15, -0.1) is 0 Å². The van der Waals surface area contributed by atoms with Crippen molar-refractivity contribution < 1.29 is 0 Å². The van der Waals surface area contributed by atoms with Gasteiger partial charge in [0.1, 0.15) is 0 Å². The van der Waals surface area contributed by atoms with Crippen LogP contribution in [0.15, 0.2) is 35.3 Å². The monoisotopic (exact) mass is 217 g/mol. The fourth-order valence-corrected chi connectivity index (χ4v) is 1.68. The Morgan fingerprint density at radius 2 is 2.06 bits per heavy atom. The second kappa shape index (κ2) is 3.72. The average Bonchev–Trinajstić information content (AvgIpc) is 2.29. The van der Waals surface area contributed by atoms with Crippen LogP contribution in [0.3, 0.4) is 0 Å². The lowest BCUT2D eigenvalue weighted by atomic mass is 10.1. The maximum absolute atomic E-state index is 11.6. The smallest absolute Gasteiger partial charge is 0.207 e. The Labute approximate surface area is 93.7 Å². The second-order valence-electron chi connectivity index (χ2n) is 4.45. The number of nitrogens with zero attached hydrogens (tertiary/aromatic N) is 2. The minimum absolute atomic E-state index is 0.0559. The molecule has 1 aromatic heterocycles. The van der Waals surface area contributed by atoms with Crippen LogP contribution >= 0.6 is 0 Å². The van der Waals surface area contributed by atoms with E-state index in [0.29, 0.717) is 11.9 Å². The van der Waals surface area contributed by atoms with Crippen LogP contribution in [0.1, 0.15) is 13.8 Å². The predicted molar refractivity (Wildman–Crippen MR) is 64.4 cm³/mol. The van der Waals surface area contributed by atoms with Crippen LogP contribution in [0, 0.1) is 0 Å². The van der Waals surface area contributed by atoms with Gasteiger partial charge in [0.25, 0.3) is 0 Å². The first kappa shape index (κ1) is 10.8. The first-order valence-electron chi connectivity index (χ1n) is 5.24. The summed E-state index contributed by atoms with van der Waals surface area (Å²) in [6.07, 6.45) is 1.35. The predicted octanol–water partition coefficient (Wildman–Crippen LogP) is 1.09. The number of hydrogen-bond donors (Lipinski definition) is 1. The topological polar surface area (TPSA) is 60.9 Å². The van der Waals surface area contributed by atoms with Crippen LogP contribution < -0.4 is 11.2 Å². The van der Waals surface area contributed by atoms with Crippen LogP contribution in [0.4, 0.5) is 0 Å². The fourth-order valence-electron chi connectivity index (χ4n) is 1.68. The molecular weight excluding hydrogens is 202 g/mol. The zero-order valence-electron chi connectivity index (χ0n) is 9.47. The lowest BCUT2D eigenvalue weighted by molar-refractivity contribution is 0.337. The molecule has 2 aromatic rings. The molecule has 0 bridgehead atoms. The van der Waals surface area contributed by atoms with Gasteiger partial charge >= 0.3 is 0 Å². The molecule has 2 N–H and O–H groups in total. The van der Waals surface area contributed by atoms with E-state index in [1.54, 1.807) is 0 Å². The quantitative estimate of drug-likeness (QED) is 0.819. The van der Waals surface area contributed by atoms with Crippen molar-refractivity contribution in [3.63, 3.8) is 0 Å². The third kappa shape index (κ3) is 1.61. The van der Waals surface area contributed by atoms with Gasteiger partial charge in [-0.05, 0) is 26.0 Å². The Morgan fingerprint density at radius 3 is 2.75 bits per heavy atom. The van der Waals surface area contributed by atoms with Gasteiger partial charge in [-0.25, -0.2) is 0 Å². The molecule has 0 atom stereocenters. The standard InChI is InChI=1S/C12H15N3O/c1-12(2,8-13)15-10-6-4-3-5-9(10)11(16)7-14-15/h3-7H,8,13H2,1-2H3. The minimum atomic E-state index is -0.298. The lowest BCUT2D eigenvalue weighted by Crippen LogP contribution is -2.37. The normalized spacial score (nSPS) is 11.9. The minimum Gasteiger partial charge on any atom is -0.328 e. The molecular formula is C12H15N3O. The molecule has 0 saturated heterocycles. The number of nitrogens with two attached hydrogens (primary N) is 1. The van der Waals surface area contributed by atoms with Gasteiger partial charge in [-0.2, -0.15) is 5.10 Å². The summed E-state index contributed by atoms with van der Waals surface area (Å²) >= 11 is 0. The molecule has 0 spiro atoms. The van der Waals surface area contributed by atoms with Crippen LogP contribution in [0.25, 0.3) is 10.9 Å². The van der Waals surface area contributed by atoms with Gasteiger partial charge < -0.3 is 5.73 Å². The zero-order chi connectivity index (χ0) is 11.8. The van der Waals surface area contributed by atoms with E-state index >= 15 is 0 Å². The highest BCUT2D eigenvalue weighted by Gasteiger charge is 2.20. The summed E-state index contributed by atoms with van der Waals surface area (Å²) in [6.45, 7) is 4.46. The van der Waals surface area contributed by atoms with Crippen molar-refractivity contribution in [1.82, 2.24) is 9.78 Å². The number of para-hydroxylation sites is 1. The lowest BCUT2D eigenvalue weighted by Gasteiger charge is -2.26. The number of rotatable bonds is 2. The maximum Gasteiger partial charge on any atom is 0.207 e. The van der Waals surface area contributed by atoms with Crippen molar-refractivity contribution >= 4 is 10.9 Å². The summed E-state index contributed by atoms with van der Waals surface area (Å²) in [5.41, 5.74) is 6.20. The van der Waals surface area contributed by atoms with E-state index in [1.165, 1.54) is 6.20 Å². The van der Waals surface area contributed by atoms with Gasteiger partial charge in [0, 0.05) is 11.9 Å². The Morgan fingerprint density at radius 1 is 1.38 bits per heavy atom. The molecule has 2 rings (SSSR count). The van der Waals surface area contributed by atoms with Crippen LogP contribution in [0.2, 0.25) is 0 Å². The number of benzene rings is 1. The summed E-state index contributed by atoms with van der Waals surface area (Å²) in [6, 6.07) is 7.44. The summed E-state index contributed by atoms with van der Waals surface area (Å²) in [4.78, 5) is 11.6. The highest BCUT2D eigenvalue weighted by atomic mass is 16.1. The highest BCUT2D eigenvalue weighted by molar-refractivity contribution is 5.78. The van der Waals surface area contributed by atoms with Gasteiger partial charge in [0.2, 0.25) is 5.43 Å². The number of fused-ring (bicyclic) bond motifs is 1. The number of hydrogen-bond acceptors (Lipinski definition) is 3. The largest absolute Gasteiger partial charge is 0.328 e. The van der Waals surface area contributed by atoms with Gasteiger partial charge in [0.15, 0.2) is 0 Å². The molecule has 0 fully saturated rings. The van der Waals surface area contributed by atoms with Gasteiger partial charge in [-0.3, -0.25) is 9.48 Å². The van der Waals surface area contributed by atoms with Crippen LogP contribution in [0.5, 0.6) is 0 Å². The van der Waals surface area contributed by atoms with Crippen molar-refractivity contribution in [2.24, 2.45) is 5.73 Å². The van der Waals surface area contributed by atoms with E-state index in [0.717, 1.165) is 5.52 Å². The van der Waals surface area contributed by atoms with E-state index in [4.69, 9.17) is 5.73 Å². The van der Waals surface area contributed by atoms with Crippen molar-refractivity contribution in [3.05, 3.63) is 40.7 Å². The van der Waals surface area contributed by atoms with Crippen molar-refractivity contribution in [2.75, 3.05) is 6.54 Å². The molecule has 0 unspecified atom stereocenters. The van der Waals surface area contributed by atoms with Crippen LogP contribution in [-0.2, 0) is 5.54 Å². The zero-order valence-corrected chi connectivity index (χ0v) is 9.47. The van der Waals surface area contributed by atoms with Crippen molar-refractivity contribution in [2.45, 2.75) is 19.4 Å². The third-order valence-corrected chi connectivity index (χ3v) is 2.76. The fraction of sp³-hybridized carbons (Fsp3) is 0.333. The Hall–Kier alpha value is -1.68. The summed E-state index contributed by atoms with van der Waals surface area (Å²) in [5.74, 6) is 0. The highest BCUT2D eigenvalue weighted by Crippen LogP contribution is 2.17. The average molecular weight is 217 g/mol. The molecule has 4 nitrogen and oxygen atoms in total. The second-order valence-corrected chi connectivity index (χ2v) is 4.45. The summed E-state index contributed by atoms with van der Waals surface area (Å²) < 4.78 is 1.81. The van der Waals surface area contributed by atoms with Crippen molar-refractivity contribution in [1.29, 1.82) is 0 Å². The molecule has 0 amide bonds. The first-order chi connectivity index (χ1) is 7.56. The molecule has 4 heteroatoms. The summed E-state index contributed by atoms with van der Waals surface area (Å²) in [7, 11) is 0. The van der Waals surface area contributed by atoms with Gasteiger partial charge in [-0.1, -0.05) is 12.1 Å². The molecule has 84 valence electrons. The van der Waals surface area contributed by atoms with E-state index < -0.39 is 0 Å². The van der Waals surface area contributed by atoms with E-state index in [1.807, 2.05) is 42.8 Å². The third-order valence-electron chi connectivity index (χ3n) is 2.76. The molecule has 0 aliphatic heterocycles. The molecule has 1 heterocycles. The Kier molecular flexibility index (Phi) is 2.52. The first-order valence-corrected chi connectivity index (χ1v) is 5.24. The number of aromatic nitrogens is 2. The Balaban J connectivity index is 2.83. The SMILES string of the molecule is CC(C)(CN)n1ncc(=O)c2ccccc21. The molecule has 0 aliphatic rings. The van der Waals surface area contributed by atoms with E-state index in [9.17, 15) is 4.79 Å². The van der Waals surface area contributed by atoms with E-state index in [-0.39, 0.29) is 11.0 Å². The van der Waals surface area contributed by atoms with Gasteiger partial charge in [0.05, 0.1) is 17.3 Å². The molecule has 0 aliphatic carbocycles. The Bertz CT molecular complexity index is 572. The summed E-state index contributed by atoms with van der Waals surface area (Å²) in [5, 5.41) is 4.85. The molecule has 16 heavy (non-hydrogen) atoms. The molecule has 0 radical (unpaired) electrons. The maximum atomic E-state index is 11.6. The molecule has 0 saturated carbocycles. The van der Waals surface area contributed by atoms with Crippen LogP contribution in [-0.4, -0.2) is 16.3 Å².